The van der Waals surface area contributed by atoms with Gasteiger partial charge in [0.15, 0.2) is 6.10 Å². The number of rotatable bonds is 4. The molecule has 1 aliphatic rings. The van der Waals surface area contributed by atoms with E-state index in [4.69, 9.17) is 4.74 Å². The van der Waals surface area contributed by atoms with Crippen LogP contribution in [0, 0.1) is 13.8 Å². The molecule has 146 valence electrons. The predicted octanol–water partition coefficient (Wildman–Crippen LogP) is 3.32. The van der Waals surface area contributed by atoms with Crippen LogP contribution in [0.15, 0.2) is 53.5 Å². The van der Waals surface area contributed by atoms with Gasteiger partial charge in [-0.15, -0.1) is 0 Å². The number of ether oxygens (including phenoxy) is 1. The van der Waals surface area contributed by atoms with Crippen LogP contribution in [0.25, 0.3) is 0 Å². The molecule has 0 saturated carbocycles. The largest absolute Gasteiger partial charge is 0.481 e. The van der Waals surface area contributed by atoms with Gasteiger partial charge in [0.2, 0.25) is 0 Å². The number of hydrazine groups is 1. The molecule has 2 amide bonds. The fourth-order valence-electron chi connectivity index (χ4n) is 3.17. The van der Waals surface area contributed by atoms with Crippen LogP contribution in [-0.4, -0.2) is 41.7 Å². The third-order valence-electron chi connectivity index (χ3n) is 4.90. The third-order valence-corrected chi connectivity index (χ3v) is 4.90. The first-order chi connectivity index (χ1) is 13.3. The Hall–Kier alpha value is -2.99. The van der Waals surface area contributed by atoms with Gasteiger partial charge < -0.3 is 4.74 Å². The van der Waals surface area contributed by atoms with E-state index in [2.05, 4.69) is 4.99 Å². The van der Waals surface area contributed by atoms with Gasteiger partial charge in [0.1, 0.15) is 11.5 Å². The lowest BCUT2D eigenvalue weighted by atomic mass is 10.1. The van der Waals surface area contributed by atoms with Crippen LogP contribution < -0.4 is 9.75 Å². The summed E-state index contributed by atoms with van der Waals surface area (Å²) in [6.45, 7) is 7.43. The zero-order chi connectivity index (χ0) is 20.4. The predicted molar refractivity (Wildman–Crippen MR) is 110 cm³/mol. The van der Waals surface area contributed by atoms with Crippen LogP contribution in [0.1, 0.15) is 25.0 Å². The van der Waals surface area contributed by atoms with Crippen LogP contribution in [0.3, 0.4) is 0 Å². The Morgan fingerprint density at radius 2 is 1.82 bits per heavy atom. The van der Waals surface area contributed by atoms with E-state index in [1.807, 2.05) is 69.3 Å². The normalized spacial score (nSPS) is 19.9. The molecule has 1 heterocycles. The van der Waals surface area contributed by atoms with Crippen molar-refractivity contribution in [2.75, 3.05) is 12.1 Å². The summed E-state index contributed by atoms with van der Waals surface area (Å²) in [6, 6.07) is 14.8. The summed E-state index contributed by atoms with van der Waals surface area (Å²) in [5, 5.41) is 3.31. The maximum atomic E-state index is 12.9. The number of nitrogens with zero attached hydrogens (tertiary/aromatic N) is 3. The highest BCUT2D eigenvalue weighted by molar-refractivity contribution is 6.48. The van der Waals surface area contributed by atoms with E-state index in [1.165, 1.54) is 5.01 Å². The third kappa shape index (κ3) is 3.82. The van der Waals surface area contributed by atoms with Gasteiger partial charge in [-0.3, -0.25) is 9.59 Å². The molecule has 0 N–H and O–H groups in total. The van der Waals surface area contributed by atoms with Gasteiger partial charge in [0.05, 0.1) is 11.7 Å². The quantitative estimate of drug-likeness (QED) is 0.818. The second-order valence-electron chi connectivity index (χ2n) is 7.07. The maximum Gasteiger partial charge on any atom is 0.289 e. The maximum absolute atomic E-state index is 12.9. The zero-order valence-electron chi connectivity index (χ0n) is 16.8. The molecular formula is C22H25N3O3. The number of para-hydroxylation sites is 1. The molecule has 0 radical (unpaired) electrons. The van der Waals surface area contributed by atoms with Crippen LogP contribution in [0.4, 0.5) is 5.69 Å². The smallest absolute Gasteiger partial charge is 0.289 e. The standard InChI is InChI=1S/C22H25N3O3/c1-14-11-12-19(15(2)13-14)28-17(4)21(26)23-20-16(3)24(5)25(22(20)27)18-9-7-6-8-10-18/h6-13,16-17H,1-5H3. The van der Waals surface area contributed by atoms with Crippen molar-refractivity contribution in [1.29, 1.82) is 0 Å². The summed E-state index contributed by atoms with van der Waals surface area (Å²) >= 11 is 0. The molecule has 0 bridgehead atoms. The lowest BCUT2D eigenvalue weighted by molar-refractivity contribution is -0.124. The SMILES string of the molecule is Cc1ccc(OC(C)C(=O)N=C2C(=O)N(c3ccccc3)N(C)C2C)c(C)c1. The minimum absolute atomic E-state index is 0.215. The number of carbonyl (C=O) groups excluding carboxylic acids is 2. The van der Waals surface area contributed by atoms with Gasteiger partial charge in [0, 0.05) is 7.05 Å². The molecular weight excluding hydrogens is 354 g/mol. The lowest BCUT2D eigenvalue weighted by Crippen LogP contribution is -2.38. The average Bonchev–Trinajstić information content (AvgIpc) is 2.88. The molecule has 2 unspecified atom stereocenters. The van der Waals surface area contributed by atoms with Crippen LogP contribution in [-0.2, 0) is 9.59 Å². The summed E-state index contributed by atoms with van der Waals surface area (Å²) in [6.07, 6.45) is -0.787. The van der Waals surface area contributed by atoms with E-state index in [9.17, 15) is 9.59 Å². The molecule has 2 aromatic carbocycles. The van der Waals surface area contributed by atoms with Crippen molar-refractivity contribution in [3.05, 3.63) is 59.7 Å². The first kappa shape index (κ1) is 19.8. The molecule has 2 atom stereocenters. The number of aliphatic imine (C=N–C) groups is 1. The average molecular weight is 379 g/mol. The van der Waals surface area contributed by atoms with Crippen molar-refractivity contribution in [2.45, 2.75) is 39.8 Å². The highest BCUT2D eigenvalue weighted by Gasteiger charge is 2.40. The van der Waals surface area contributed by atoms with E-state index < -0.39 is 12.0 Å². The minimum atomic E-state index is -0.787. The molecule has 1 saturated heterocycles. The Kier molecular flexibility index (Phi) is 5.61. The second-order valence-corrected chi connectivity index (χ2v) is 7.07. The number of benzene rings is 2. The Bertz CT molecular complexity index is 924. The molecule has 0 spiro atoms. The van der Waals surface area contributed by atoms with Gasteiger partial charge in [-0.05, 0) is 51.5 Å². The van der Waals surface area contributed by atoms with Gasteiger partial charge in [-0.2, -0.15) is 0 Å². The number of aryl methyl sites for hydroxylation is 2. The number of carbonyl (C=O) groups is 2. The second kappa shape index (κ2) is 7.94. The minimum Gasteiger partial charge on any atom is -0.481 e. The highest BCUT2D eigenvalue weighted by Crippen LogP contribution is 2.25. The van der Waals surface area contributed by atoms with E-state index in [1.54, 1.807) is 19.0 Å². The first-order valence-corrected chi connectivity index (χ1v) is 9.28. The Morgan fingerprint density at radius 3 is 2.46 bits per heavy atom. The van der Waals surface area contributed by atoms with Crippen molar-refractivity contribution in [2.24, 2.45) is 4.99 Å². The number of hydrogen-bond donors (Lipinski definition) is 0. The van der Waals surface area contributed by atoms with Gasteiger partial charge in [-0.1, -0.05) is 35.9 Å². The zero-order valence-corrected chi connectivity index (χ0v) is 16.8. The Morgan fingerprint density at radius 1 is 1.14 bits per heavy atom. The fourth-order valence-corrected chi connectivity index (χ4v) is 3.17. The van der Waals surface area contributed by atoms with Gasteiger partial charge in [0.25, 0.3) is 11.8 Å². The lowest BCUT2D eigenvalue weighted by Gasteiger charge is -2.25. The summed E-state index contributed by atoms with van der Waals surface area (Å²) in [5.74, 6) is -0.132. The van der Waals surface area contributed by atoms with Crippen LogP contribution >= 0.6 is 0 Å². The topological polar surface area (TPSA) is 62.2 Å². The number of anilines is 1. The molecule has 1 fully saturated rings. The van der Waals surface area contributed by atoms with Crippen LogP contribution in [0.2, 0.25) is 0 Å². The number of hydrogen-bond acceptors (Lipinski definition) is 4. The molecule has 3 rings (SSSR count). The molecule has 28 heavy (non-hydrogen) atoms. The first-order valence-electron chi connectivity index (χ1n) is 9.28. The van der Waals surface area contributed by atoms with E-state index in [0.29, 0.717) is 5.75 Å². The summed E-state index contributed by atoms with van der Waals surface area (Å²) in [7, 11) is 1.80. The van der Waals surface area contributed by atoms with Crippen molar-refractivity contribution < 1.29 is 14.3 Å². The molecule has 6 heteroatoms. The summed E-state index contributed by atoms with van der Waals surface area (Å²) in [5.41, 5.74) is 3.03. The van der Waals surface area contributed by atoms with Crippen molar-refractivity contribution in [3.63, 3.8) is 0 Å². The Labute approximate surface area is 165 Å². The van der Waals surface area contributed by atoms with Crippen molar-refractivity contribution >= 4 is 23.2 Å². The summed E-state index contributed by atoms with van der Waals surface area (Å²) < 4.78 is 5.79. The molecule has 2 aromatic rings. The highest BCUT2D eigenvalue weighted by atomic mass is 16.5. The van der Waals surface area contributed by atoms with E-state index in [0.717, 1.165) is 16.8 Å². The van der Waals surface area contributed by atoms with E-state index in [-0.39, 0.29) is 17.7 Å². The molecule has 0 aromatic heterocycles. The molecule has 1 aliphatic heterocycles. The monoisotopic (exact) mass is 379 g/mol. The fraction of sp³-hybridized carbons (Fsp3) is 0.318. The van der Waals surface area contributed by atoms with Gasteiger partial charge >= 0.3 is 0 Å². The number of amides is 2. The van der Waals surface area contributed by atoms with Crippen molar-refractivity contribution in [1.82, 2.24) is 5.01 Å². The molecule has 0 aliphatic carbocycles. The Balaban J connectivity index is 1.79. The molecule has 6 nitrogen and oxygen atoms in total. The van der Waals surface area contributed by atoms with Gasteiger partial charge in [-0.25, -0.2) is 15.0 Å². The van der Waals surface area contributed by atoms with Crippen LogP contribution in [0.5, 0.6) is 5.75 Å². The van der Waals surface area contributed by atoms with Crippen molar-refractivity contribution in [3.8, 4) is 5.75 Å². The van der Waals surface area contributed by atoms with E-state index >= 15 is 0 Å². The summed E-state index contributed by atoms with van der Waals surface area (Å²) in [4.78, 5) is 29.6.